The van der Waals surface area contributed by atoms with Gasteiger partial charge in [0, 0.05) is 28.9 Å². The predicted octanol–water partition coefficient (Wildman–Crippen LogP) is 5.13. The first-order chi connectivity index (χ1) is 12.9. The highest BCUT2D eigenvalue weighted by atomic mass is 35.5. The van der Waals surface area contributed by atoms with Gasteiger partial charge in [0.25, 0.3) is 5.91 Å². The van der Waals surface area contributed by atoms with Crippen LogP contribution in [0.5, 0.6) is 0 Å². The van der Waals surface area contributed by atoms with Crippen LogP contribution < -0.4 is 10.2 Å². The maximum Gasteiger partial charge on any atom is 0.272 e. The van der Waals surface area contributed by atoms with E-state index in [1.807, 2.05) is 45.0 Å². The highest BCUT2D eigenvalue weighted by molar-refractivity contribution is 7.21. The maximum atomic E-state index is 13.3. The van der Waals surface area contributed by atoms with Crippen LogP contribution in [0.2, 0.25) is 5.02 Å². The first-order valence-electron chi connectivity index (χ1n) is 8.69. The van der Waals surface area contributed by atoms with Crippen molar-refractivity contribution in [1.82, 2.24) is 4.98 Å². The van der Waals surface area contributed by atoms with Gasteiger partial charge >= 0.3 is 0 Å². The van der Waals surface area contributed by atoms with Crippen LogP contribution in [0.4, 0.5) is 11.4 Å². The number of aryl methyl sites for hydroxylation is 2. The molecule has 0 unspecified atom stereocenters. The number of ether oxygens (including phenoxy) is 1. The molecular weight excluding hydrogens is 382 g/mol. The molecule has 1 aliphatic heterocycles. The topological polar surface area (TPSA) is 54.5 Å². The number of nitrogens with zero attached hydrogens (tertiary/aromatic N) is 2. The number of rotatable bonds is 3. The maximum absolute atomic E-state index is 13.3. The second-order valence-electron chi connectivity index (χ2n) is 6.77. The predicted molar refractivity (Wildman–Crippen MR) is 111 cm³/mol. The minimum absolute atomic E-state index is 0.0415. The molecule has 0 saturated heterocycles. The molecule has 3 aromatic rings. The summed E-state index contributed by atoms with van der Waals surface area (Å²) in [5.41, 5.74) is 4.56. The van der Waals surface area contributed by atoms with Gasteiger partial charge < -0.3 is 10.1 Å². The van der Waals surface area contributed by atoms with Gasteiger partial charge in [0.05, 0.1) is 12.3 Å². The average Bonchev–Trinajstić information content (AvgIpc) is 2.97. The van der Waals surface area contributed by atoms with Crippen LogP contribution in [0.3, 0.4) is 0 Å². The SMILES string of the molecule is COCc1cc(C)nc2sc3c(c12)N[C@@H](C)N(c1ccc(C)c(Cl)c1)C3=O. The summed E-state index contributed by atoms with van der Waals surface area (Å²) in [7, 11) is 1.67. The van der Waals surface area contributed by atoms with Gasteiger partial charge in [0.15, 0.2) is 0 Å². The molecule has 1 N–H and O–H groups in total. The number of amides is 1. The van der Waals surface area contributed by atoms with Crippen molar-refractivity contribution in [2.24, 2.45) is 0 Å². The minimum atomic E-state index is -0.210. The van der Waals surface area contributed by atoms with Crippen molar-refractivity contribution >= 4 is 50.4 Å². The quantitative estimate of drug-likeness (QED) is 0.660. The molecule has 1 atom stereocenters. The Morgan fingerprint density at radius 3 is 2.81 bits per heavy atom. The van der Waals surface area contributed by atoms with Crippen LogP contribution in [0.1, 0.15) is 33.4 Å². The molecular formula is C20H20ClN3O2S. The summed E-state index contributed by atoms with van der Waals surface area (Å²) in [6.45, 7) is 6.34. The Hall–Kier alpha value is -2.15. The van der Waals surface area contributed by atoms with Crippen LogP contribution in [0.25, 0.3) is 10.2 Å². The fourth-order valence-electron chi connectivity index (χ4n) is 3.50. The molecule has 7 heteroatoms. The zero-order valence-corrected chi connectivity index (χ0v) is 17.2. The number of hydrogen-bond acceptors (Lipinski definition) is 5. The lowest BCUT2D eigenvalue weighted by molar-refractivity contribution is 0.0981. The molecule has 2 aromatic heterocycles. The molecule has 3 heterocycles. The van der Waals surface area contributed by atoms with Gasteiger partial charge in [-0.3, -0.25) is 9.69 Å². The van der Waals surface area contributed by atoms with Gasteiger partial charge in [-0.2, -0.15) is 0 Å². The molecule has 5 nitrogen and oxygen atoms in total. The van der Waals surface area contributed by atoms with Crippen molar-refractivity contribution in [2.75, 3.05) is 17.3 Å². The molecule has 0 spiro atoms. The second-order valence-corrected chi connectivity index (χ2v) is 8.18. The van der Waals surface area contributed by atoms with Gasteiger partial charge in [0.1, 0.15) is 15.9 Å². The molecule has 4 rings (SSSR count). The number of aromatic nitrogens is 1. The fourth-order valence-corrected chi connectivity index (χ4v) is 4.84. The highest BCUT2D eigenvalue weighted by Gasteiger charge is 2.34. The van der Waals surface area contributed by atoms with Crippen LogP contribution in [-0.2, 0) is 11.3 Å². The first-order valence-corrected chi connectivity index (χ1v) is 9.88. The summed E-state index contributed by atoms with van der Waals surface area (Å²) < 4.78 is 5.36. The summed E-state index contributed by atoms with van der Waals surface area (Å²) in [6.07, 6.45) is -0.210. The smallest absolute Gasteiger partial charge is 0.272 e. The van der Waals surface area contributed by atoms with E-state index in [2.05, 4.69) is 10.3 Å². The monoisotopic (exact) mass is 401 g/mol. The van der Waals surface area contributed by atoms with E-state index in [-0.39, 0.29) is 12.1 Å². The zero-order chi connectivity index (χ0) is 19.3. The Balaban J connectivity index is 1.86. The number of nitrogens with one attached hydrogen (secondary N) is 1. The Bertz CT molecular complexity index is 1060. The van der Waals surface area contributed by atoms with Gasteiger partial charge in [-0.1, -0.05) is 17.7 Å². The number of anilines is 2. The van der Waals surface area contributed by atoms with Crippen LogP contribution >= 0.6 is 22.9 Å². The lowest BCUT2D eigenvalue weighted by atomic mass is 10.1. The van der Waals surface area contributed by atoms with E-state index in [4.69, 9.17) is 16.3 Å². The second kappa shape index (κ2) is 6.78. The highest BCUT2D eigenvalue weighted by Crippen LogP contribution is 2.42. The largest absolute Gasteiger partial charge is 0.380 e. The Labute approximate surface area is 166 Å². The fraction of sp³-hybridized carbons (Fsp3) is 0.300. The number of carbonyl (C=O) groups excluding carboxylic acids is 1. The summed E-state index contributed by atoms with van der Waals surface area (Å²) in [5.74, 6) is -0.0415. The molecule has 0 radical (unpaired) electrons. The third-order valence-electron chi connectivity index (χ3n) is 4.76. The van der Waals surface area contributed by atoms with Crippen LogP contribution in [-0.4, -0.2) is 24.2 Å². The molecule has 0 fully saturated rings. The van der Waals surface area contributed by atoms with Gasteiger partial charge in [-0.15, -0.1) is 11.3 Å². The summed E-state index contributed by atoms with van der Waals surface area (Å²) in [4.78, 5) is 21.2. The number of pyridine rings is 1. The summed E-state index contributed by atoms with van der Waals surface area (Å²) in [5, 5.41) is 5.11. The zero-order valence-electron chi connectivity index (χ0n) is 15.6. The Kier molecular flexibility index (Phi) is 4.58. The Morgan fingerprint density at radius 1 is 1.33 bits per heavy atom. The van der Waals surface area contributed by atoms with Crippen molar-refractivity contribution in [1.29, 1.82) is 0 Å². The number of hydrogen-bond donors (Lipinski definition) is 1. The third kappa shape index (κ3) is 2.98. The van der Waals surface area contributed by atoms with Gasteiger partial charge in [-0.25, -0.2) is 4.98 Å². The number of fused-ring (bicyclic) bond motifs is 3. The number of carbonyl (C=O) groups is 1. The van der Waals surface area contributed by atoms with E-state index in [1.54, 1.807) is 12.0 Å². The van der Waals surface area contributed by atoms with Gasteiger partial charge in [0.2, 0.25) is 0 Å². The normalized spacial score (nSPS) is 16.6. The van der Waals surface area contributed by atoms with Crippen LogP contribution in [0, 0.1) is 13.8 Å². The molecule has 140 valence electrons. The molecule has 0 bridgehead atoms. The van der Waals surface area contributed by atoms with Crippen molar-refractivity contribution in [2.45, 2.75) is 33.5 Å². The van der Waals surface area contributed by atoms with Crippen molar-refractivity contribution in [3.63, 3.8) is 0 Å². The van der Waals surface area contributed by atoms with Gasteiger partial charge in [-0.05, 0) is 50.1 Å². The third-order valence-corrected chi connectivity index (χ3v) is 6.24. The van der Waals surface area contributed by atoms with E-state index in [0.717, 1.165) is 38.4 Å². The van der Waals surface area contributed by atoms with Crippen LogP contribution in [0.15, 0.2) is 24.3 Å². The van der Waals surface area contributed by atoms with Crippen molar-refractivity contribution in [3.05, 3.63) is 51.0 Å². The van der Waals surface area contributed by atoms with E-state index in [1.165, 1.54) is 11.3 Å². The molecule has 1 aromatic carbocycles. The average molecular weight is 402 g/mol. The summed E-state index contributed by atoms with van der Waals surface area (Å²) >= 11 is 7.70. The Morgan fingerprint density at radius 2 is 2.11 bits per heavy atom. The number of halogens is 1. The lowest BCUT2D eigenvalue weighted by Crippen LogP contribution is -2.46. The summed E-state index contributed by atoms with van der Waals surface area (Å²) in [6, 6.07) is 7.71. The number of methoxy groups -OCH3 is 1. The standard InChI is InChI=1S/C20H20ClN3O2S/c1-10-5-6-14(8-15(10)21)24-12(3)23-17-16-13(9-26-4)7-11(2)22-19(16)27-18(17)20(24)25/h5-8,12,23H,9H2,1-4H3/t12-/m1/s1. The number of benzene rings is 1. The number of thiophene rings is 1. The molecule has 27 heavy (non-hydrogen) atoms. The first kappa shape index (κ1) is 18.2. The lowest BCUT2D eigenvalue weighted by Gasteiger charge is -2.34. The van der Waals surface area contributed by atoms with Crippen molar-refractivity contribution in [3.8, 4) is 0 Å². The molecule has 1 aliphatic rings. The van der Waals surface area contributed by atoms with E-state index in [9.17, 15) is 4.79 Å². The molecule has 0 saturated carbocycles. The van der Waals surface area contributed by atoms with Crippen molar-refractivity contribution < 1.29 is 9.53 Å². The van der Waals surface area contributed by atoms with E-state index >= 15 is 0 Å². The minimum Gasteiger partial charge on any atom is -0.380 e. The van der Waals surface area contributed by atoms with E-state index < -0.39 is 0 Å². The molecule has 1 amide bonds. The van der Waals surface area contributed by atoms with E-state index in [0.29, 0.717) is 16.5 Å². The molecule has 0 aliphatic carbocycles.